The van der Waals surface area contributed by atoms with Crippen LogP contribution in [0.25, 0.3) is 11.2 Å². The Morgan fingerprint density at radius 1 is 1.47 bits per heavy atom. The van der Waals surface area contributed by atoms with Gasteiger partial charge in [0.25, 0.3) is 0 Å². The minimum absolute atomic E-state index is 0.0421. The number of imidazole rings is 1. The maximum absolute atomic E-state index is 9.13. The smallest absolute Gasteiger partial charge is 0.167 e. The summed E-state index contributed by atoms with van der Waals surface area (Å²) in [5, 5.41) is 9.13. The van der Waals surface area contributed by atoms with Crippen molar-refractivity contribution in [2.45, 2.75) is 38.5 Å². The van der Waals surface area contributed by atoms with E-state index in [1.54, 1.807) is 6.33 Å². The lowest BCUT2D eigenvalue weighted by atomic mass is 10.2. The van der Waals surface area contributed by atoms with Crippen molar-refractivity contribution in [1.29, 1.82) is 0 Å². The zero-order valence-corrected chi connectivity index (χ0v) is 10.8. The molecule has 7 nitrogen and oxygen atoms in total. The summed E-state index contributed by atoms with van der Waals surface area (Å²) < 4.78 is 7.63. The van der Waals surface area contributed by atoms with Crippen LogP contribution in [-0.4, -0.2) is 37.3 Å². The number of anilines is 1. The molecular formula is C12H17N5O2. The van der Waals surface area contributed by atoms with E-state index in [0.29, 0.717) is 22.8 Å². The van der Waals surface area contributed by atoms with Crippen molar-refractivity contribution in [3.05, 3.63) is 12.2 Å². The van der Waals surface area contributed by atoms with Crippen LogP contribution in [0.3, 0.4) is 0 Å². The number of ether oxygens (including phenoxy) is 1. The van der Waals surface area contributed by atoms with Gasteiger partial charge in [0.2, 0.25) is 0 Å². The van der Waals surface area contributed by atoms with Gasteiger partial charge < -0.3 is 15.6 Å². The van der Waals surface area contributed by atoms with E-state index in [4.69, 9.17) is 15.6 Å². The van der Waals surface area contributed by atoms with Crippen molar-refractivity contribution in [2.24, 2.45) is 0 Å². The van der Waals surface area contributed by atoms with Crippen LogP contribution in [-0.2, 0) is 11.2 Å². The second kappa shape index (κ2) is 4.75. The maximum Gasteiger partial charge on any atom is 0.167 e. The highest BCUT2D eigenvalue weighted by Crippen LogP contribution is 2.30. The number of fused-ring (bicyclic) bond motifs is 1. The molecule has 1 unspecified atom stereocenters. The first kappa shape index (κ1) is 12.3. The molecule has 3 heterocycles. The molecule has 1 saturated heterocycles. The maximum atomic E-state index is 9.13. The predicted octanol–water partition coefficient (Wildman–Crippen LogP) is 0.641. The van der Waals surface area contributed by atoms with Crippen molar-refractivity contribution in [3.8, 4) is 0 Å². The van der Waals surface area contributed by atoms with Crippen LogP contribution < -0.4 is 5.73 Å². The number of aliphatic hydroxyl groups is 1. The Labute approximate surface area is 110 Å². The molecule has 2 aromatic rings. The second-order valence-electron chi connectivity index (χ2n) is 4.68. The molecule has 0 aromatic carbocycles. The monoisotopic (exact) mass is 263 g/mol. The quantitative estimate of drug-likeness (QED) is 0.843. The minimum Gasteiger partial charge on any atom is -0.394 e. The van der Waals surface area contributed by atoms with E-state index >= 15 is 0 Å². The highest BCUT2D eigenvalue weighted by Gasteiger charge is 2.27. The highest BCUT2D eigenvalue weighted by molar-refractivity contribution is 5.81. The Kier molecular flexibility index (Phi) is 3.08. The molecule has 2 atom stereocenters. The normalized spacial score (nSPS) is 23.3. The van der Waals surface area contributed by atoms with Crippen molar-refractivity contribution in [1.82, 2.24) is 19.5 Å². The number of rotatable bonds is 3. The van der Waals surface area contributed by atoms with E-state index in [1.165, 1.54) is 0 Å². The SMILES string of the molecule is CCc1nc(N)c2ncn(C3CC[C@@H](CO)O3)c2n1. The first-order valence-corrected chi connectivity index (χ1v) is 6.48. The minimum atomic E-state index is -0.138. The van der Waals surface area contributed by atoms with E-state index in [9.17, 15) is 0 Å². The molecule has 7 heteroatoms. The molecule has 0 amide bonds. The molecular weight excluding hydrogens is 246 g/mol. The average molecular weight is 263 g/mol. The van der Waals surface area contributed by atoms with Gasteiger partial charge in [0.15, 0.2) is 11.5 Å². The summed E-state index contributed by atoms with van der Waals surface area (Å²) in [5.41, 5.74) is 7.20. The fourth-order valence-electron chi connectivity index (χ4n) is 2.38. The fraction of sp³-hybridized carbons (Fsp3) is 0.583. The Hall–Kier alpha value is -1.73. The molecule has 1 aliphatic heterocycles. The highest BCUT2D eigenvalue weighted by atomic mass is 16.5. The average Bonchev–Trinajstić information content (AvgIpc) is 3.04. The molecule has 0 bridgehead atoms. The van der Waals surface area contributed by atoms with E-state index in [-0.39, 0.29) is 18.9 Å². The molecule has 1 aliphatic rings. The topological polar surface area (TPSA) is 99.1 Å². The number of hydrogen-bond donors (Lipinski definition) is 2. The number of aryl methyl sites for hydroxylation is 1. The molecule has 0 radical (unpaired) electrons. The number of hydrogen-bond acceptors (Lipinski definition) is 6. The summed E-state index contributed by atoms with van der Waals surface area (Å²) in [6.45, 7) is 2.02. The standard InChI is InChI=1S/C12H17N5O2/c1-2-8-15-11(13)10-12(16-8)17(6-14-10)9-4-3-7(5-18)19-9/h6-7,9,18H,2-5H2,1H3,(H2,13,15,16)/t7-,9?/m0/s1. The third kappa shape index (κ3) is 2.04. The van der Waals surface area contributed by atoms with E-state index in [0.717, 1.165) is 19.3 Å². The summed E-state index contributed by atoms with van der Waals surface area (Å²) in [6.07, 6.45) is 3.83. The lowest BCUT2D eigenvalue weighted by molar-refractivity contribution is -0.0207. The van der Waals surface area contributed by atoms with Crippen LogP contribution in [0.5, 0.6) is 0 Å². The first-order chi connectivity index (χ1) is 9.22. The van der Waals surface area contributed by atoms with Crippen molar-refractivity contribution >= 4 is 17.0 Å². The lowest BCUT2D eigenvalue weighted by Gasteiger charge is -2.14. The van der Waals surface area contributed by atoms with Crippen LogP contribution in [0.1, 0.15) is 31.8 Å². The van der Waals surface area contributed by atoms with Gasteiger partial charge in [-0.3, -0.25) is 4.57 Å². The van der Waals surface area contributed by atoms with Crippen molar-refractivity contribution in [2.75, 3.05) is 12.3 Å². The van der Waals surface area contributed by atoms with Crippen LogP contribution in [0.4, 0.5) is 5.82 Å². The first-order valence-electron chi connectivity index (χ1n) is 6.48. The molecule has 0 spiro atoms. The third-order valence-electron chi connectivity index (χ3n) is 3.41. The second-order valence-corrected chi connectivity index (χ2v) is 4.68. The molecule has 0 saturated carbocycles. The Morgan fingerprint density at radius 2 is 2.32 bits per heavy atom. The summed E-state index contributed by atoms with van der Waals surface area (Å²) in [4.78, 5) is 12.9. The summed E-state index contributed by atoms with van der Waals surface area (Å²) in [7, 11) is 0. The van der Waals surface area contributed by atoms with Gasteiger partial charge in [0.05, 0.1) is 19.0 Å². The van der Waals surface area contributed by atoms with Gasteiger partial charge in [-0.25, -0.2) is 15.0 Å². The van der Waals surface area contributed by atoms with Gasteiger partial charge >= 0.3 is 0 Å². The number of nitrogens with two attached hydrogens (primary N) is 1. The molecule has 1 fully saturated rings. The third-order valence-corrected chi connectivity index (χ3v) is 3.41. The number of nitrogens with zero attached hydrogens (tertiary/aromatic N) is 4. The molecule has 3 rings (SSSR count). The van der Waals surface area contributed by atoms with Gasteiger partial charge in [0, 0.05) is 6.42 Å². The molecule has 102 valence electrons. The Bertz CT molecular complexity index is 597. The fourth-order valence-corrected chi connectivity index (χ4v) is 2.38. The Balaban J connectivity index is 2.02. The van der Waals surface area contributed by atoms with Crippen LogP contribution in [0, 0.1) is 0 Å². The summed E-state index contributed by atoms with van der Waals surface area (Å²) in [5.74, 6) is 1.10. The van der Waals surface area contributed by atoms with Crippen LogP contribution in [0.15, 0.2) is 6.33 Å². The Morgan fingerprint density at radius 3 is 3.00 bits per heavy atom. The van der Waals surface area contributed by atoms with Gasteiger partial charge in [-0.05, 0) is 12.8 Å². The molecule has 2 aromatic heterocycles. The largest absolute Gasteiger partial charge is 0.394 e. The van der Waals surface area contributed by atoms with E-state index < -0.39 is 0 Å². The molecule has 0 aliphatic carbocycles. The van der Waals surface area contributed by atoms with E-state index in [2.05, 4.69) is 15.0 Å². The van der Waals surface area contributed by atoms with E-state index in [1.807, 2.05) is 11.5 Å². The zero-order chi connectivity index (χ0) is 13.4. The summed E-state index contributed by atoms with van der Waals surface area (Å²) >= 11 is 0. The molecule has 3 N–H and O–H groups in total. The molecule has 19 heavy (non-hydrogen) atoms. The zero-order valence-electron chi connectivity index (χ0n) is 10.8. The van der Waals surface area contributed by atoms with Crippen molar-refractivity contribution in [3.63, 3.8) is 0 Å². The van der Waals surface area contributed by atoms with Gasteiger partial charge in [0.1, 0.15) is 17.6 Å². The van der Waals surface area contributed by atoms with Gasteiger partial charge in [-0.1, -0.05) is 6.92 Å². The predicted molar refractivity (Wildman–Crippen MR) is 69.3 cm³/mol. The summed E-state index contributed by atoms with van der Waals surface area (Å²) in [6, 6.07) is 0. The number of aliphatic hydroxyl groups excluding tert-OH is 1. The lowest BCUT2D eigenvalue weighted by Crippen LogP contribution is -2.14. The van der Waals surface area contributed by atoms with Crippen LogP contribution >= 0.6 is 0 Å². The van der Waals surface area contributed by atoms with Gasteiger partial charge in [-0.15, -0.1) is 0 Å². The van der Waals surface area contributed by atoms with Gasteiger partial charge in [-0.2, -0.15) is 0 Å². The van der Waals surface area contributed by atoms with Crippen molar-refractivity contribution < 1.29 is 9.84 Å². The van der Waals surface area contributed by atoms with Crippen LogP contribution in [0.2, 0.25) is 0 Å². The number of aromatic nitrogens is 4. The number of nitrogen functional groups attached to an aromatic ring is 1.